The fourth-order valence-electron chi connectivity index (χ4n) is 3.22. The quantitative estimate of drug-likeness (QED) is 0.648. The van der Waals surface area contributed by atoms with E-state index in [1.165, 1.54) is 27.4 Å². The molecule has 3 atom stereocenters. The Balaban J connectivity index is 2.40. The Kier molecular flexibility index (Phi) is 7.44. The molecule has 9 nitrogen and oxygen atoms in total. The van der Waals surface area contributed by atoms with Crippen molar-refractivity contribution in [3.8, 4) is 11.5 Å². The van der Waals surface area contributed by atoms with Crippen LogP contribution >= 0.6 is 0 Å². The number of hydrogen-bond donors (Lipinski definition) is 1. The Labute approximate surface area is 169 Å². The van der Waals surface area contributed by atoms with Crippen molar-refractivity contribution in [2.45, 2.75) is 32.4 Å². The molecule has 0 bridgehead atoms. The zero-order valence-electron chi connectivity index (χ0n) is 17.2. The first-order chi connectivity index (χ1) is 13.7. The second kappa shape index (κ2) is 9.60. The minimum absolute atomic E-state index is 0.0533. The molecule has 1 aromatic carbocycles. The molecule has 29 heavy (non-hydrogen) atoms. The van der Waals surface area contributed by atoms with Crippen LogP contribution in [0.5, 0.6) is 11.5 Å². The van der Waals surface area contributed by atoms with Crippen molar-refractivity contribution in [2.75, 3.05) is 27.9 Å². The van der Waals surface area contributed by atoms with Crippen LogP contribution < -0.4 is 9.47 Å². The van der Waals surface area contributed by atoms with Gasteiger partial charge < -0.3 is 24.1 Å². The number of imide groups is 1. The van der Waals surface area contributed by atoms with Gasteiger partial charge in [0.15, 0.2) is 11.5 Å². The molecule has 160 valence electrons. The Hall–Kier alpha value is -2.81. The van der Waals surface area contributed by atoms with Gasteiger partial charge in [-0.15, -0.1) is 0 Å². The van der Waals surface area contributed by atoms with Gasteiger partial charge >= 0.3 is 12.1 Å². The van der Waals surface area contributed by atoms with Crippen molar-refractivity contribution < 1.29 is 38.4 Å². The number of hydrogen-bond acceptors (Lipinski definition) is 8. The number of carbonyl (C=O) groups excluding carboxylic acids is 3. The van der Waals surface area contributed by atoms with E-state index in [9.17, 15) is 19.5 Å². The molecule has 2 amide bonds. The van der Waals surface area contributed by atoms with Crippen LogP contribution in [-0.4, -0.2) is 62.0 Å². The van der Waals surface area contributed by atoms with Crippen LogP contribution in [0, 0.1) is 11.8 Å². The van der Waals surface area contributed by atoms with E-state index in [0.717, 1.165) is 4.90 Å². The standard InChI is InChI=1S/C20H27NO8/c1-11(2)14-10-29-20(25)21(14)19(24)13(9-17(22)28-5)18(23)12-6-7-15(26-3)16(8-12)27-4/h6-8,11,13-14,18,23H,9-10H2,1-5H3/t13-,14-,18-/m1/s1. The number of aliphatic hydroxyl groups is 1. The molecule has 9 heteroatoms. The van der Waals surface area contributed by atoms with Crippen molar-refractivity contribution in [1.82, 2.24) is 4.90 Å². The number of aliphatic hydroxyl groups excluding tert-OH is 1. The summed E-state index contributed by atoms with van der Waals surface area (Å²) >= 11 is 0. The van der Waals surface area contributed by atoms with Crippen molar-refractivity contribution in [1.29, 1.82) is 0 Å². The molecule has 1 aliphatic rings. The number of esters is 1. The monoisotopic (exact) mass is 409 g/mol. The smallest absolute Gasteiger partial charge is 0.416 e. The van der Waals surface area contributed by atoms with Crippen LogP contribution in [0.15, 0.2) is 18.2 Å². The van der Waals surface area contributed by atoms with Crippen molar-refractivity contribution in [3.05, 3.63) is 23.8 Å². The van der Waals surface area contributed by atoms with Gasteiger partial charge in [-0.05, 0) is 23.6 Å². The summed E-state index contributed by atoms with van der Waals surface area (Å²) < 4.78 is 20.1. The summed E-state index contributed by atoms with van der Waals surface area (Å²) in [7, 11) is 4.11. The Bertz CT molecular complexity index is 763. The molecule has 1 N–H and O–H groups in total. The van der Waals surface area contributed by atoms with Gasteiger partial charge in [0.2, 0.25) is 5.91 Å². The minimum Gasteiger partial charge on any atom is -0.493 e. The first-order valence-electron chi connectivity index (χ1n) is 9.21. The number of methoxy groups -OCH3 is 3. The van der Waals surface area contributed by atoms with Gasteiger partial charge in [0.05, 0.1) is 45.8 Å². The maximum atomic E-state index is 13.2. The third-order valence-corrected chi connectivity index (χ3v) is 4.97. The Morgan fingerprint density at radius 2 is 1.86 bits per heavy atom. The molecule has 0 aliphatic carbocycles. The lowest BCUT2D eigenvalue weighted by Crippen LogP contribution is -2.46. The average Bonchev–Trinajstić information content (AvgIpc) is 3.11. The number of carbonyl (C=O) groups is 3. The lowest BCUT2D eigenvalue weighted by Gasteiger charge is -2.29. The minimum atomic E-state index is -1.39. The first kappa shape index (κ1) is 22.5. The number of cyclic esters (lactones) is 1. The first-order valence-corrected chi connectivity index (χ1v) is 9.21. The van der Waals surface area contributed by atoms with E-state index in [1.807, 2.05) is 13.8 Å². The van der Waals surface area contributed by atoms with Gasteiger partial charge in [-0.3, -0.25) is 9.59 Å². The second-order valence-corrected chi connectivity index (χ2v) is 7.04. The molecule has 1 aliphatic heterocycles. The summed E-state index contributed by atoms with van der Waals surface area (Å²) in [5.41, 5.74) is 0.332. The molecule has 0 spiro atoms. The van der Waals surface area contributed by atoms with E-state index < -0.39 is 42.5 Å². The summed E-state index contributed by atoms with van der Waals surface area (Å²) in [6.45, 7) is 3.78. The molecular weight excluding hydrogens is 382 g/mol. The molecular formula is C20H27NO8. The van der Waals surface area contributed by atoms with E-state index in [4.69, 9.17) is 14.2 Å². The van der Waals surface area contributed by atoms with E-state index in [0.29, 0.717) is 17.1 Å². The average molecular weight is 409 g/mol. The molecule has 1 heterocycles. The zero-order chi connectivity index (χ0) is 21.7. The van der Waals surface area contributed by atoms with Gasteiger partial charge in [0.1, 0.15) is 6.61 Å². The summed E-state index contributed by atoms with van der Waals surface area (Å²) in [6, 6.07) is 4.18. The molecule has 1 aromatic rings. The van der Waals surface area contributed by atoms with Crippen molar-refractivity contribution in [3.63, 3.8) is 0 Å². The number of amides is 2. The van der Waals surface area contributed by atoms with Crippen LogP contribution in [0.2, 0.25) is 0 Å². The third-order valence-electron chi connectivity index (χ3n) is 4.97. The lowest BCUT2D eigenvalue weighted by atomic mass is 9.90. The Morgan fingerprint density at radius 3 is 2.41 bits per heavy atom. The zero-order valence-corrected chi connectivity index (χ0v) is 17.2. The van der Waals surface area contributed by atoms with Crippen LogP contribution in [0.25, 0.3) is 0 Å². The lowest BCUT2D eigenvalue weighted by molar-refractivity contribution is -0.149. The maximum Gasteiger partial charge on any atom is 0.416 e. The predicted octanol–water partition coefficient (Wildman–Crippen LogP) is 1.92. The molecule has 1 fully saturated rings. The number of rotatable bonds is 8. The highest BCUT2D eigenvalue weighted by Crippen LogP contribution is 2.35. The normalized spacial score (nSPS) is 18.2. The second-order valence-electron chi connectivity index (χ2n) is 7.04. The van der Waals surface area contributed by atoms with E-state index >= 15 is 0 Å². The van der Waals surface area contributed by atoms with Crippen LogP contribution in [-0.2, 0) is 19.1 Å². The fourth-order valence-corrected chi connectivity index (χ4v) is 3.22. The molecule has 0 radical (unpaired) electrons. The largest absolute Gasteiger partial charge is 0.493 e. The number of benzene rings is 1. The van der Waals surface area contributed by atoms with Crippen LogP contribution in [0.4, 0.5) is 4.79 Å². The van der Waals surface area contributed by atoms with E-state index in [-0.39, 0.29) is 12.5 Å². The number of ether oxygens (including phenoxy) is 4. The molecule has 0 unspecified atom stereocenters. The van der Waals surface area contributed by atoms with Crippen LogP contribution in [0.1, 0.15) is 31.9 Å². The highest BCUT2D eigenvalue weighted by atomic mass is 16.6. The highest BCUT2D eigenvalue weighted by molar-refractivity contribution is 5.96. The third kappa shape index (κ3) is 4.79. The fraction of sp³-hybridized carbons (Fsp3) is 0.550. The van der Waals surface area contributed by atoms with Gasteiger partial charge in [-0.1, -0.05) is 19.9 Å². The molecule has 1 saturated heterocycles. The highest BCUT2D eigenvalue weighted by Gasteiger charge is 2.45. The Morgan fingerprint density at radius 1 is 1.21 bits per heavy atom. The summed E-state index contributed by atoms with van der Waals surface area (Å²) in [5.74, 6) is -1.87. The summed E-state index contributed by atoms with van der Waals surface area (Å²) in [6.07, 6.45) is -2.58. The van der Waals surface area contributed by atoms with Crippen LogP contribution in [0.3, 0.4) is 0 Å². The van der Waals surface area contributed by atoms with Crippen molar-refractivity contribution in [2.24, 2.45) is 11.8 Å². The molecule has 2 rings (SSSR count). The molecule has 0 saturated carbocycles. The van der Waals surface area contributed by atoms with E-state index in [2.05, 4.69) is 4.74 Å². The SMILES string of the molecule is COC(=O)C[C@@H](C(=O)N1C(=O)OC[C@@H]1C(C)C)[C@H](O)c1ccc(OC)c(OC)c1. The number of nitrogens with zero attached hydrogens (tertiary/aromatic N) is 1. The van der Waals surface area contributed by atoms with Gasteiger partial charge in [0, 0.05) is 0 Å². The molecule has 0 aromatic heterocycles. The predicted molar refractivity (Wildman–Crippen MR) is 101 cm³/mol. The van der Waals surface area contributed by atoms with E-state index in [1.54, 1.807) is 12.1 Å². The van der Waals surface area contributed by atoms with Crippen molar-refractivity contribution >= 4 is 18.0 Å². The summed E-state index contributed by atoms with van der Waals surface area (Å²) in [5, 5.41) is 10.9. The topological polar surface area (TPSA) is 112 Å². The van der Waals surface area contributed by atoms with Gasteiger partial charge in [-0.25, -0.2) is 9.69 Å². The van der Waals surface area contributed by atoms with Gasteiger partial charge in [-0.2, -0.15) is 0 Å². The maximum absolute atomic E-state index is 13.2. The van der Waals surface area contributed by atoms with Gasteiger partial charge in [0.25, 0.3) is 0 Å². The summed E-state index contributed by atoms with van der Waals surface area (Å²) in [4.78, 5) is 38.3.